The van der Waals surface area contributed by atoms with Crippen molar-refractivity contribution < 1.29 is 0 Å². The monoisotopic (exact) mass is 1020 g/mol. The number of hydrogen-bond acceptors (Lipinski definition) is 4. The maximum atomic E-state index is 4.22. The Hall–Kier alpha value is -0.800. The van der Waals surface area contributed by atoms with Gasteiger partial charge < -0.3 is 18.9 Å². The number of rotatable bonds is 16. The fourth-order valence-corrected chi connectivity index (χ4v) is 9.20. The molecule has 1 saturated heterocycles. The van der Waals surface area contributed by atoms with E-state index in [2.05, 4.69) is 75.9 Å². The van der Waals surface area contributed by atoms with E-state index in [1.165, 1.54) is 219 Å². The van der Waals surface area contributed by atoms with Crippen LogP contribution < -0.4 is 0 Å². The van der Waals surface area contributed by atoms with Crippen LogP contribution >= 0.6 is 50.9 Å². The molecule has 2 aromatic rings. The SMILES string of the molecule is Br.Br.Br.CC1N2CCCCCCCCCCN1C1=C2CCCCCCCCCC1.CCCCCCCCCn1ccnc1C.CCCCCCCCCn1ccnc1C. The quantitative estimate of drug-likeness (QED) is 0.157. The third-order valence-electron chi connectivity index (χ3n) is 12.9. The van der Waals surface area contributed by atoms with Crippen LogP contribution in [0.5, 0.6) is 0 Å². The number of nitrogens with zero attached hydrogens (tertiary/aromatic N) is 6. The minimum absolute atomic E-state index is 0. The van der Waals surface area contributed by atoms with Crippen LogP contribution in [0.1, 0.15) is 238 Å². The molecule has 1 aliphatic carbocycles. The van der Waals surface area contributed by atoms with Gasteiger partial charge in [-0.2, -0.15) is 0 Å². The highest BCUT2D eigenvalue weighted by atomic mass is 79.9. The third-order valence-corrected chi connectivity index (χ3v) is 12.9. The largest absolute Gasteiger partial charge is 0.353 e. The molecular formula is C50H95Br3N6. The first kappa shape index (κ1) is 58.2. The fraction of sp³-hybridized carbons (Fsp3) is 0.840. The van der Waals surface area contributed by atoms with Gasteiger partial charge in [-0.25, -0.2) is 9.97 Å². The Kier molecular flexibility index (Phi) is 38.3. The molecule has 0 spiro atoms. The first-order valence-corrected chi connectivity index (χ1v) is 24.8. The molecule has 0 unspecified atom stereocenters. The van der Waals surface area contributed by atoms with Gasteiger partial charge in [0.05, 0.1) is 6.17 Å². The van der Waals surface area contributed by atoms with Gasteiger partial charge in [0.1, 0.15) is 11.6 Å². The van der Waals surface area contributed by atoms with E-state index in [0.717, 1.165) is 24.7 Å². The molecule has 0 N–H and O–H groups in total. The Bertz CT molecular complexity index is 1150. The summed E-state index contributed by atoms with van der Waals surface area (Å²) in [6.45, 7) is 16.0. The molecular weight excluding hydrogens is 924 g/mol. The van der Waals surface area contributed by atoms with E-state index in [1.807, 2.05) is 12.4 Å². The Balaban J connectivity index is 0.000000888. The lowest BCUT2D eigenvalue weighted by Gasteiger charge is -2.33. The second-order valence-corrected chi connectivity index (χ2v) is 17.6. The van der Waals surface area contributed by atoms with Gasteiger partial charge in [-0.15, -0.1) is 50.9 Å². The summed E-state index contributed by atoms with van der Waals surface area (Å²) in [4.78, 5) is 14.1. The van der Waals surface area contributed by atoms with Crippen molar-refractivity contribution in [3.63, 3.8) is 0 Å². The number of halogens is 3. The molecule has 0 aromatic carbocycles. The van der Waals surface area contributed by atoms with Crippen LogP contribution in [0.25, 0.3) is 0 Å². The Morgan fingerprint density at radius 1 is 0.441 bits per heavy atom. The standard InChI is InChI=1S/C24H44N2.2C13H24N2.3BrH/c1-22-25-20-16-12-8-4-5-9-13-17-21-26(22)24-19-15-11-7-3-2-6-10-14-18-23(24)25;2*1-3-4-5-6-7-8-9-11-15-12-10-14-13(15)2;;;/h22H,2-21H2,1H3;2*10,12H,3-9,11H2,1-2H3;3*1H. The average Bonchev–Trinajstić information content (AvgIpc) is 3.88. The van der Waals surface area contributed by atoms with Crippen LogP contribution in [0.2, 0.25) is 0 Å². The van der Waals surface area contributed by atoms with E-state index in [0.29, 0.717) is 6.17 Å². The van der Waals surface area contributed by atoms with Crippen LogP contribution in [-0.2, 0) is 13.1 Å². The summed E-state index contributed by atoms with van der Waals surface area (Å²) in [5, 5.41) is 0. The zero-order chi connectivity index (χ0) is 39.9. The second kappa shape index (κ2) is 38.8. The first-order valence-electron chi connectivity index (χ1n) is 24.8. The summed E-state index contributed by atoms with van der Waals surface area (Å²) in [7, 11) is 0. The molecule has 346 valence electrons. The summed E-state index contributed by atoms with van der Waals surface area (Å²) in [6, 6.07) is 0. The molecule has 1 fully saturated rings. The molecule has 2 aromatic heterocycles. The van der Waals surface area contributed by atoms with Gasteiger partial charge in [0.2, 0.25) is 0 Å². The normalized spacial score (nSPS) is 17.0. The Morgan fingerprint density at radius 3 is 1.07 bits per heavy atom. The summed E-state index contributed by atoms with van der Waals surface area (Å²) in [5.74, 6) is 2.28. The van der Waals surface area contributed by atoms with Gasteiger partial charge in [-0.05, 0) is 72.1 Å². The number of hydrogen-bond donors (Lipinski definition) is 0. The summed E-state index contributed by atoms with van der Waals surface area (Å²) >= 11 is 0. The highest BCUT2D eigenvalue weighted by molar-refractivity contribution is 8.93. The fourth-order valence-electron chi connectivity index (χ4n) is 9.20. The van der Waals surface area contributed by atoms with Crippen LogP contribution in [-0.4, -0.2) is 48.2 Å². The van der Waals surface area contributed by atoms with E-state index in [-0.39, 0.29) is 50.9 Å². The molecule has 6 nitrogen and oxygen atoms in total. The number of unbranched alkanes of at least 4 members (excludes halogenated alkanes) is 12. The van der Waals surface area contributed by atoms with E-state index in [4.69, 9.17) is 0 Å². The highest BCUT2D eigenvalue weighted by Gasteiger charge is 2.33. The van der Waals surface area contributed by atoms with E-state index in [9.17, 15) is 0 Å². The van der Waals surface area contributed by atoms with Crippen molar-refractivity contribution in [2.75, 3.05) is 13.1 Å². The lowest BCUT2D eigenvalue weighted by Crippen LogP contribution is -2.39. The summed E-state index contributed by atoms with van der Waals surface area (Å²) < 4.78 is 4.48. The highest BCUT2D eigenvalue weighted by Crippen LogP contribution is 2.37. The molecule has 0 saturated carbocycles. The predicted octanol–water partition coefficient (Wildman–Crippen LogP) is 16.8. The second-order valence-electron chi connectivity index (χ2n) is 17.6. The third kappa shape index (κ3) is 25.2. The van der Waals surface area contributed by atoms with Crippen LogP contribution in [0.3, 0.4) is 0 Å². The number of allylic oxidation sites excluding steroid dienone is 2. The van der Waals surface area contributed by atoms with Gasteiger partial charge in [-0.1, -0.05) is 168 Å². The van der Waals surface area contributed by atoms with Gasteiger partial charge >= 0.3 is 0 Å². The smallest absolute Gasteiger partial charge is 0.105 e. The molecule has 0 amide bonds. The topological polar surface area (TPSA) is 42.1 Å². The number of aromatic nitrogens is 4. The molecule has 0 radical (unpaired) electrons. The molecule has 0 atom stereocenters. The van der Waals surface area contributed by atoms with Crippen molar-refractivity contribution in [2.45, 2.75) is 259 Å². The zero-order valence-electron chi connectivity index (χ0n) is 39.3. The van der Waals surface area contributed by atoms with Gasteiger partial charge in [-0.3, -0.25) is 0 Å². The van der Waals surface area contributed by atoms with Crippen molar-refractivity contribution in [1.29, 1.82) is 0 Å². The lowest BCUT2D eigenvalue weighted by atomic mass is 10.0. The molecule has 59 heavy (non-hydrogen) atoms. The molecule has 5 rings (SSSR count). The van der Waals surface area contributed by atoms with Crippen LogP contribution in [0.4, 0.5) is 0 Å². The molecule has 2 aliphatic heterocycles. The van der Waals surface area contributed by atoms with Crippen molar-refractivity contribution in [3.05, 3.63) is 47.8 Å². The minimum atomic E-state index is 0. The van der Waals surface area contributed by atoms with Gasteiger partial charge in [0.25, 0.3) is 0 Å². The first-order chi connectivity index (χ1) is 27.6. The lowest BCUT2D eigenvalue weighted by molar-refractivity contribution is 0.146. The zero-order valence-corrected chi connectivity index (χ0v) is 44.4. The van der Waals surface area contributed by atoms with Crippen molar-refractivity contribution in [2.24, 2.45) is 0 Å². The number of fused-ring (bicyclic) bond motifs is 4. The summed E-state index contributed by atoms with van der Waals surface area (Å²) in [6.07, 6.45) is 53.6. The maximum absolute atomic E-state index is 4.22. The predicted molar refractivity (Wildman–Crippen MR) is 274 cm³/mol. The molecule has 3 aliphatic rings. The van der Waals surface area contributed by atoms with E-state index >= 15 is 0 Å². The molecule has 2 bridgehead atoms. The van der Waals surface area contributed by atoms with Crippen molar-refractivity contribution >= 4 is 50.9 Å². The van der Waals surface area contributed by atoms with Gasteiger partial charge in [0, 0.05) is 62.4 Å². The van der Waals surface area contributed by atoms with Crippen molar-refractivity contribution in [1.82, 2.24) is 28.9 Å². The molecule has 9 heteroatoms. The number of aryl methyl sites for hydroxylation is 4. The van der Waals surface area contributed by atoms with E-state index < -0.39 is 0 Å². The average molecular weight is 1020 g/mol. The number of imidazole rings is 2. The minimum Gasteiger partial charge on any atom is -0.353 e. The Morgan fingerprint density at radius 2 is 0.746 bits per heavy atom. The maximum Gasteiger partial charge on any atom is 0.105 e. The van der Waals surface area contributed by atoms with Crippen LogP contribution in [0.15, 0.2) is 36.2 Å². The molecule has 4 heterocycles. The Labute approximate surface area is 397 Å². The van der Waals surface area contributed by atoms with E-state index in [1.54, 1.807) is 11.4 Å². The van der Waals surface area contributed by atoms with Crippen molar-refractivity contribution in [3.8, 4) is 0 Å². The summed E-state index contributed by atoms with van der Waals surface area (Å²) in [5.41, 5.74) is 3.52. The van der Waals surface area contributed by atoms with Gasteiger partial charge in [0.15, 0.2) is 0 Å². The van der Waals surface area contributed by atoms with Crippen LogP contribution in [0, 0.1) is 13.8 Å².